The molecule has 0 bridgehead atoms. The van der Waals surface area contributed by atoms with Gasteiger partial charge in [-0.2, -0.15) is 0 Å². The Kier molecular flexibility index (Phi) is 5.32. The molecule has 4 heteroatoms. The van der Waals surface area contributed by atoms with Gasteiger partial charge in [-0.3, -0.25) is 4.79 Å². The van der Waals surface area contributed by atoms with Crippen molar-refractivity contribution < 1.29 is 4.79 Å². The van der Waals surface area contributed by atoms with Crippen molar-refractivity contribution in [2.24, 2.45) is 11.5 Å². The van der Waals surface area contributed by atoms with Crippen molar-refractivity contribution in [2.75, 3.05) is 6.54 Å². The van der Waals surface area contributed by atoms with Crippen molar-refractivity contribution in [1.82, 2.24) is 5.32 Å². The summed E-state index contributed by atoms with van der Waals surface area (Å²) < 4.78 is 0. The van der Waals surface area contributed by atoms with Crippen LogP contribution in [-0.4, -0.2) is 24.5 Å². The SMILES string of the molecule is C=CCC(C)NCC(N)C(N)=O. The van der Waals surface area contributed by atoms with E-state index in [1.165, 1.54) is 0 Å². The van der Waals surface area contributed by atoms with E-state index in [0.29, 0.717) is 6.54 Å². The summed E-state index contributed by atoms with van der Waals surface area (Å²) >= 11 is 0. The molecule has 0 aliphatic heterocycles. The van der Waals surface area contributed by atoms with Gasteiger partial charge in [-0.1, -0.05) is 6.08 Å². The minimum absolute atomic E-state index is 0.285. The van der Waals surface area contributed by atoms with Crippen LogP contribution in [0.5, 0.6) is 0 Å². The van der Waals surface area contributed by atoms with E-state index >= 15 is 0 Å². The predicted molar refractivity (Wildman–Crippen MR) is 49.4 cm³/mol. The predicted octanol–water partition coefficient (Wildman–Crippen LogP) is -0.647. The van der Waals surface area contributed by atoms with Crippen molar-refractivity contribution in [3.63, 3.8) is 0 Å². The molecule has 2 unspecified atom stereocenters. The van der Waals surface area contributed by atoms with Gasteiger partial charge in [0.15, 0.2) is 0 Å². The molecule has 0 aliphatic rings. The monoisotopic (exact) mass is 171 g/mol. The molecule has 0 aliphatic carbocycles. The van der Waals surface area contributed by atoms with E-state index < -0.39 is 11.9 Å². The summed E-state index contributed by atoms with van der Waals surface area (Å²) in [6, 6.07) is -0.315. The van der Waals surface area contributed by atoms with Crippen molar-refractivity contribution in [3.05, 3.63) is 12.7 Å². The van der Waals surface area contributed by atoms with Gasteiger partial charge in [0.2, 0.25) is 5.91 Å². The highest BCUT2D eigenvalue weighted by Gasteiger charge is 2.09. The fourth-order valence-electron chi connectivity index (χ4n) is 0.762. The van der Waals surface area contributed by atoms with Crippen molar-refractivity contribution in [2.45, 2.75) is 25.4 Å². The second-order valence-corrected chi connectivity index (χ2v) is 2.84. The average Bonchev–Trinajstić information content (AvgIpc) is 2.00. The maximum atomic E-state index is 10.5. The lowest BCUT2D eigenvalue weighted by Gasteiger charge is -2.13. The summed E-state index contributed by atoms with van der Waals surface area (Å²) in [5.41, 5.74) is 10.4. The van der Waals surface area contributed by atoms with Crippen molar-refractivity contribution in [3.8, 4) is 0 Å². The number of hydrogen-bond acceptors (Lipinski definition) is 3. The van der Waals surface area contributed by atoms with Crippen LogP contribution in [0.1, 0.15) is 13.3 Å². The normalized spacial score (nSPS) is 15.2. The Bertz CT molecular complexity index is 158. The van der Waals surface area contributed by atoms with E-state index in [2.05, 4.69) is 11.9 Å². The molecule has 0 aromatic carbocycles. The number of hydrogen-bond donors (Lipinski definition) is 3. The molecule has 0 saturated carbocycles. The number of rotatable bonds is 6. The molecule has 0 rings (SSSR count). The zero-order valence-corrected chi connectivity index (χ0v) is 7.42. The molecule has 0 spiro atoms. The number of carbonyl (C=O) groups is 1. The Balaban J connectivity index is 3.53. The van der Waals surface area contributed by atoms with Crippen LogP contribution in [0.4, 0.5) is 0 Å². The Morgan fingerprint density at radius 3 is 2.75 bits per heavy atom. The van der Waals surface area contributed by atoms with Gasteiger partial charge in [0.1, 0.15) is 0 Å². The number of carbonyl (C=O) groups excluding carboxylic acids is 1. The summed E-state index contributed by atoms with van der Waals surface area (Å²) in [5.74, 6) is -0.478. The molecule has 70 valence electrons. The van der Waals surface area contributed by atoms with E-state index in [9.17, 15) is 4.79 Å². The van der Waals surface area contributed by atoms with Crippen LogP contribution in [-0.2, 0) is 4.79 Å². The first-order valence-electron chi connectivity index (χ1n) is 3.97. The van der Waals surface area contributed by atoms with Crippen molar-refractivity contribution >= 4 is 5.91 Å². The minimum Gasteiger partial charge on any atom is -0.368 e. The Hall–Kier alpha value is -0.870. The number of nitrogens with two attached hydrogens (primary N) is 2. The molecule has 2 atom stereocenters. The van der Waals surface area contributed by atoms with Crippen LogP contribution >= 0.6 is 0 Å². The van der Waals surface area contributed by atoms with Gasteiger partial charge in [-0.25, -0.2) is 0 Å². The molecule has 12 heavy (non-hydrogen) atoms. The Labute approximate surface area is 73.0 Å². The molecule has 5 N–H and O–H groups in total. The van der Waals surface area contributed by atoms with Crippen molar-refractivity contribution in [1.29, 1.82) is 0 Å². The number of nitrogens with one attached hydrogen (secondary N) is 1. The first-order valence-corrected chi connectivity index (χ1v) is 3.97. The highest BCUT2D eigenvalue weighted by Crippen LogP contribution is 1.89. The van der Waals surface area contributed by atoms with Gasteiger partial charge < -0.3 is 16.8 Å². The zero-order chi connectivity index (χ0) is 9.56. The summed E-state index contributed by atoms with van der Waals surface area (Å²) in [7, 11) is 0. The Morgan fingerprint density at radius 2 is 2.33 bits per heavy atom. The van der Waals surface area contributed by atoms with Gasteiger partial charge in [0.05, 0.1) is 6.04 Å². The van der Waals surface area contributed by atoms with Gasteiger partial charge in [0.25, 0.3) is 0 Å². The lowest BCUT2D eigenvalue weighted by molar-refractivity contribution is -0.119. The highest BCUT2D eigenvalue weighted by molar-refractivity contribution is 5.79. The summed E-state index contributed by atoms with van der Waals surface area (Å²) in [6.45, 7) is 6.02. The fraction of sp³-hybridized carbons (Fsp3) is 0.625. The molecular formula is C8H17N3O. The third kappa shape index (κ3) is 4.87. The molecule has 4 nitrogen and oxygen atoms in total. The standard InChI is InChI=1S/C8H17N3O/c1-3-4-6(2)11-5-7(9)8(10)12/h3,6-7,11H,1,4-5,9H2,2H3,(H2,10,12). The Morgan fingerprint density at radius 1 is 1.75 bits per heavy atom. The van der Waals surface area contributed by atoms with Gasteiger partial charge >= 0.3 is 0 Å². The number of primary amides is 1. The lowest BCUT2D eigenvalue weighted by atomic mass is 10.2. The molecule has 0 saturated heterocycles. The van der Waals surface area contributed by atoms with E-state index in [0.717, 1.165) is 6.42 Å². The largest absolute Gasteiger partial charge is 0.368 e. The maximum Gasteiger partial charge on any atom is 0.235 e. The molecule has 0 fully saturated rings. The molecular weight excluding hydrogens is 154 g/mol. The first kappa shape index (κ1) is 11.1. The topological polar surface area (TPSA) is 81.1 Å². The third-order valence-corrected chi connectivity index (χ3v) is 1.57. The van der Waals surface area contributed by atoms with Gasteiger partial charge in [-0.05, 0) is 13.3 Å². The quantitative estimate of drug-likeness (QED) is 0.465. The van der Waals surface area contributed by atoms with Crippen LogP contribution < -0.4 is 16.8 Å². The molecule has 0 radical (unpaired) electrons. The van der Waals surface area contributed by atoms with Gasteiger partial charge in [-0.15, -0.1) is 6.58 Å². The summed E-state index contributed by atoms with van der Waals surface area (Å²) in [5, 5.41) is 3.07. The average molecular weight is 171 g/mol. The first-order chi connectivity index (χ1) is 5.57. The zero-order valence-electron chi connectivity index (χ0n) is 7.42. The van der Waals surface area contributed by atoms with Crippen LogP contribution in [0, 0.1) is 0 Å². The molecule has 0 heterocycles. The van der Waals surface area contributed by atoms with Crippen LogP contribution in [0.15, 0.2) is 12.7 Å². The number of amides is 1. The second-order valence-electron chi connectivity index (χ2n) is 2.84. The molecule has 0 aromatic heterocycles. The molecule has 0 aromatic rings. The summed E-state index contributed by atoms with van der Waals surface area (Å²) in [6.07, 6.45) is 2.67. The third-order valence-electron chi connectivity index (χ3n) is 1.57. The van der Waals surface area contributed by atoms with Crippen LogP contribution in [0.2, 0.25) is 0 Å². The highest BCUT2D eigenvalue weighted by atomic mass is 16.1. The van der Waals surface area contributed by atoms with E-state index in [-0.39, 0.29) is 6.04 Å². The maximum absolute atomic E-state index is 10.5. The molecule has 1 amide bonds. The van der Waals surface area contributed by atoms with E-state index in [1.54, 1.807) is 0 Å². The van der Waals surface area contributed by atoms with Crippen LogP contribution in [0.3, 0.4) is 0 Å². The minimum atomic E-state index is -0.600. The second kappa shape index (κ2) is 5.74. The van der Waals surface area contributed by atoms with Gasteiger partial charge in [0, 0.05) is 12.6 Å². The van der Waals surface area contributed by atoms with Crippen LogP contribution in [0.25, 0.3) is 0 Å². The van der Waals surface area contributed by atoms with E-state index in [1.807, 2.05) is 13.0 Å². The lowest BCUT2D eigenvalue weighted by Crippen LogP contribution is -2.46. The van der Waals surface area contributed by atoms with E-state index in [4.69, 9.17) is 11.5 Å². The smallest absolute Gasteiger partial charge is 0.235 e. The fourth-order valence-corrected chi connectivity index (χ4v) is 0.762. The summed E-state index contributed by atoms with van der Waals surface area (Å²) in [4.78, 5) is 10.5.